The van der Waals surface area contributed by atoms with Gasteiger partial charge in [-0.25, -0.2) is 0 Å². The molecule has 0 spiro atoms. The first kappa shape index (κ1) is 17.2. The molecule has 1 fully saturated rings. The van der Waals surface area contributed by atoms with E-state index in [0.29, 0.717) is 5.11 Å². The largest absolute Gasteiger partial charge is 0.361 e. The second-order valence-electron chi connectivity index (χ2n) is 6.53. The minimum atomic E-state index is -0.0225. The van der Waals surface area contributed by atoms with Gasteiger partial charge >= 0.3 is 0 Å². The van der Waals surface area contributed by atoms with Crippen molar-refractivity contribution in [1.29, 1.82) is 0 Å². The molecular weight excluding hydrogens is 408 g/mol. The summed E-state index contributed by atoms with van der Waals surface area (Å²) in [6.07, 6.45) is 1.82. The number of hydrogen-bond acceptors (Lipinski definition) is 2. The van der Waals surface area contributed by atoms with Crippen LogP contribution in [0.4, 0.5) is 5.69 Å². The summed E-state index contributed by atoms with van der Waals surface area (Å²) in [7, 11) is 0. The maximum atomic E-state index is 5.72. The summed E-state index contributed by atoms with van der Waals surface area (Å²) >= 11 is 9.30. The first-order chi connectivity index (χ1) is 12.5. The number of nitrogens with zero attached hydrogens (tertiary/aromatic N) is 2. The van der Waals surface area contributed by atoms with Crippen LogP contribution in [0.15, 0.2) is 59.2 Å². The minimum Gasteiger partial charge on any atom is -0.361 e. The highest BCUT2D eigenvalue weighted by Crippen LogP contribution is 2.41. The fraction of sp³-hybridized carbons (Fsp3) is 0.200. The highest BCUT2D eigenvalue weighted by Gasteiger charge is 2.41. The lowest BCUT2D eigenvalue weighted by molar-refractivity contribution is 0.558. The number of H-pyrrole nitrogens is 1. The lowest BCUT2D eigenvalue weighted by atomic mass is 10.0. The Kier molecular flexibility index (Phi) is 4.54. The Morgan fingerprint density at radius 3 is 2.62 bits per heavy atom. The Hall–Kier alpha value is -2.18. The lowest BCUT2D eigenvalue weighted by Crippen LogP contribution is -2.29. The van der Waals surface area contributed by atoms with Gasteiger partial charge in [0.05, 0.1) is 11.7 Å². The number of pyridine rings is 1. The first-order valence-corrected chi connectivity index (χ1v) is 9.67. The molecule has 2 N–H and O–H groups in total. The summed E-state index contributed by atoms with van der Waals surface area (Å²) in [4.78, 5) is 10.2. The van der Waals surface area contributed by atoms with Gasteiger partial charge in [-0.1, -0.05) is 22.0 Å². The number of rotatable bonds is 3. The van der Waals surface area contributed by atoms with Crippen LogP contribution >= 0.6 is 28.1 Å². The second kappa shape index (κ2) is 6.85. The van der Waals surface area contributed by atoms with Crippen LogP contribution < -0.4 is 10.2 Å². The van der Waals surface area contributed by atoms with E-state index in [-0.39, 0.29) is 12.1 Å². The number of aryl methyl sites for hydroxylation is 2. The number of halogens is 1. The van der Waals surface area contributed by atoms with E-state index >= 15 is 0 Å². The topological polar surface area (TPSA) is 44.0 Å². The van der Waals surface area contributed by atoms with Crippen LogP contribution in [-0.4, -0.2) is 15.1 Å². The highest BCUT2D eigenvalue weighted by atomic mass is 79.9. The van der Waals surface area contributed by atoms with Gasteiger partial charge in [0.2, 0.25) is 0 Å². The van der Waals surface area contributed by atoms with Gasteiger partial charge in [-0.3, -0.25) is 4.98 Å². The minimum absolute atomic E-state index is 0.00618. The predicted molar refractivity (Wildman–Crippen MR) is 112 cm³/mol. The molecule has 1 saturated heterocycles. The number of thiocarbonyl (C=S) groups is 1. The van der Waals surface area contributed by atoms with Gasteiger partial charge in [0.25, 0.3) is 0 Å². The van der Waals surface area contributed by atoms with Crippen molar-refractivity contribution in [2.45, 2.75) is 25.9 Å². The van der Waals surface area contributed by atoms with Crippen molar-refractivity contribution in [1.82, 2.24) is 15.3 Å². The van der Waals surface area contributed by atoms with Crippen molar-refractivity contribution >= 4 is 38.9 Å². The van der Waals surface area contributed by atoms with E-state index in [2.05, 4.69) is 80.3 Å². The quantitative estimate of drug-likeness (QED) is 0.580. The molecule has 4 nitrogen and oxygen atoms in total. The van der Waals surface area contributed by atoms with Gasteiger partial charge < -0.3 is 15.2 Å². The van der Waals surface area contributed by atoms with E-state index in [1.807, 2.05) is 24.4 Å². The Labute approximate surface area is 166 Å². The van der Waals surface area contributed by atoms with Crippen LogP contribution in [0.5, 0.6) is 0 Å². The summed E-state index contributed by atoms with van der Waals surface area (Å²) in [5, 5.41) is 4.18. The molecular formula is C20H19BrN4S. The predicted octanol–water partition coefficient (Wildman–Crippen LogP) is 4.97. The molecule has 0 saturated carbocycles. The third-order valence-corrected chi connectivity index (χ3v) is 5.90. The van der Waals surface area contributed by atoms with Gasteiger partial charge in [0.15, 0.2) is 5.11 Å². The van der Waals surface area contributed by atoms with Crippen molar-refractivity contribution in [2.75, 3.05) is 4.90 Å². The van der Waals surface area contributed by atoms with Crippen LogP contribution in [-0.2, 0) is 0 Å². The summed E-state index contributed by atoms with van der Waals surface area (Å²) in [6.45, 7) is 4.15. The standard InChI is InChI=1S/C20H19BrN4S/c1-12-11-14(7-8-15(12)21)25-19(17-9-6-13(2)23-17)18(24-20(25)26)16-5-3-4-10-22-16/h3-11,18-19,23H,1-2H3,(H,24,26)/t18-,19-/m0/s1. The van der Waals surface area contributed by atoms with E-state index in [0.717, 1.165) is 27.2 Å². The van der Waals surface area contributed by atoms with E-state index in [1.54, 1.807) is 0 Å². The third-order valence-electron chi connectivity index (χ3n) is 4.69. The zero-order valence-electron chi connectivity index (χ0n) is 14.5. The molecule has 0 aliphatic carbocycles. The molecule has 0 amide bonds. The van der Waals surface area contributed by atoms with Crippen LogP contribution in [0.3, 0.4) is 0 Å². The zero-order valence-corrected chi connectivity index (χ0v) is 16.9. The molecule has 4 rings (SSSR count). The molecule has 1 aliphatic heterocycles. The van der Waals surface area contributed by atoms with Crippen molar-refractivity contribution < 1.29 is 0 Å². The zero-order chi connectivity index (χ0) is 18.3. The highest BCUT2D eigenvalue weighted by molar-refractivity contribution is 9.10. The molecule has 26 heavy (non-hydrogen) atoms. The molecule has 1 aliphatic rings. The van der Waals surface area contributed by atoms with Crippen LogP contribution in [0.1, 0.15) is 34.7 Å². The van der Waals surface area contributed by atoms with Crippen LogP contribution in [0.2, 0.25) is 0 Å². The van der Waals surface area contributed by atoms with E-state index < -0.39 is 0 Å². The van der Waals surface area contributed by atoms with Crippen molar-refractivity contribution in [3.63, 3.8) is 0 Å². The fourth-order valence-electron chi connectivity index (χ4n) is 3.43. The molecule has 2 aromatic heterocycles. The average molecular weight is 427 g/mol. The van der Waals surface area contributed by atoms with Gasteiger partial charge in [0, 0.05) is 27.7 Å². The van der Waals surface area contributed by atoms with E-state index in [1.165, 1.54) is 5.56 Å². The maximum Gasteiger partial charge on any atom is 0.174 e. The summed E-state index contributed by atoms with van der Waals surface area (Å²) in [6, 6.07) is 16.5. The fourth-order valence-corrected chi connectivity index (χ4v) is 4.02. The smallest absolute Gasteiger partial charge is 0.174 e. The lowest BCUT2D eigenvalue weighted by Gasteiger charge is -2.27. The number of hydrogen-bond donors (Lipinski definition) is 2. The summed E-state index contributed by atoms with van der Waals surface area (Å²) < 4.78 is 1.09. The number of benzene rings is 1. The van der Waals surface area contributed by atoms with Crippen molar-refractivity contribution in [3.05, 3.63) is 81.8 Å². The summed E-state index contributed by atoms with van der Waals surface area (Å²) in [5.41, 5.74) is 5.46. The molecule has 0 radical (unpaired) electrons. The Balaban J connectivity index is 1.83. The number of nitrogens with one attached hydrogen (secondary N) is 2. The molecule has 3 aromatic rings. The Bertz CT molecular complexity index is 953. The van der Waals surface area contributed by atoms with Gasteiger partial charge in [0.1, 0.15) is 6.04 Å². The van der Waals surface area contributed by atoms with Gasteiger partial charge in [-0.2, -0.15) is 0 Å². The van der Waals surface area contributed by atoms with E-state index in [9.17, 15) is 0 Å². The second-order valence-corrected chi connectivity index (χ2v) is 7.77. The Morgan fingerprint density at radius 2 is 1.96 bits per heavy atom. The van der Waals surface area contributed by atoms with Crippen LogP contribution in [0, 0.1) is 13.8 Å². The normalized spacial score (nSPS) is 19.7. The number of aromatic nitrogens is 2. The molecule has 132 valence electrons. The SMILES string of the molecule is Cc1ccc([C@H]2[C@H](c3ccccn3)NC(=S)N2c2ccc(Br)c(C)c2)[nH]1. The molecule has 0 unspecified atom stereocenters. The van der Waals surface area contributed by atoms with Gasteiger partial charge in [-0.15, -0.1) is 0 Å². The average Bonchev–Trinajstić information content (AvgIpc) is 3.21. The number of anilines is 1. The molecule has 2 atom stereocenters. The van der Waals surface area contributed by atoms with E-state index in [4.69, 9.17) is 12.2 Å². The summed E-state index contributed by atoms with van der Waals surface area (Å²) in [5.74, 6) is 0. The third kappa shape index (κ3) is 3.04. The van der Waals surface area contributed by atoms with Crippen molar-refractivity contribution in [2.24, 2.45) is 0 Å². The van der Waals surface area contributed by atoms with Gasteiger partial charge in [-0.05, 0) is 74.1 Å². The molecule has 0 bridgehead atoms. The maximum absolute atomic E-state index is 5.72. The number of aromatic amines is 1. The molecule has 3 heterocycles. The first-order valence-electron chi connectivity index (χ1n) is 8.47. The monoisotopic (exact) mass is 426 g/mol. The van der Waals surface area contributed by atoms with Crippen molar-refractivity contribution in [3.8, 4) is 0 Å². The molecule has 1 aromatic carbocycles. The van der Waals surface area contributed by atoms with Crippen LogP contribution in [0.25, 0.3) is 0 Å². The molecule has 6 heteroatoms. The Morgan fingerprint density at radius 1 is 1.12 bits per heavy atom.